The molecular weight excluding hydrogens is 272 g/mol. The number of hydrogen-bond acceptors (Lipinski definition) is 2. The average molecular weight is 291 g/mol. The minimum atomic E-state index is -2.78. The average Bonchev–Trinajstić information content (AvgIpc) is 2.45. The zero-order valence-electron chi connectivity index (χ0n) is 12.1. The SMILES string of the molecule is Cc1cccc(C(C)NCc2ccc(OC(F)F)cc2)c1. The van der Waals surface area contributed by atoms with E-state index >= 15 is 0 Å². The Balaban J connectivity index is 1.90. The zero-order valence-corrected chi connectivity index (χ0v) is 12.1. The maximum atomic E-state index is 12.1. The van der Waals surface area contributed by atoms with Gasteiger partial charge in [-0.3, -0.25) is 0 Å². The lowest BCUT2D eigenvalue weighted by Crippen LogP contribution is -2.18. The van der Waals surface area contributed by atoms with Gasteiger partial charge in [0.1, 0.15) is 5.75 Å². The van der Waals surface area contributed by atoms with Crippen molar-refractivity contribution in [3.05, 3.63) is 65.2 Å². The van der Waals surface area contributed by atoms with Crippen LogP contribution in [-0.4, -0.2) is 6.61 Å². The van der Waals surface area contributed by atoms with Crippen LogP contribution in [0.5, 0.6) is 5.75 Å². The molecular formula is C17H19F2NO. The lowest BCUT2D eigenvalue weighted by molar-refractivity contribution is -0.0498. The Labute approximate surface area is 123 Å². The van der Waals surface area contributed by atoms with E-state index in [9.17, 15) is 8.78 Å². The lowest BCUT2D eigenvalue weighted by Gasteiger charge is -2.15. The quantitative estimate of drug-likeness (QED) is 0.849. The van der Waals surface area contributed by atoms with Crippen LogP contribution in [0.25, 0.3) is 0 Å². The molecule has 0 bridgehead atoms. The Bertz CT molecular complexity index is 569. The maximum Gasteiger partial charge on any atom is 0.387 e. The molecule has 2 aromatic rings. The third-order valence-corrected chi connectivity index (χ3v) is 3.30. The predicted octanol–water partition coefficient (Wildman–Crippen LogP) is 4.45. The van der Waals surface area contributed by atoms with Gasteiger partial charge in [0.25, 0.3) is 0 Å². The van der Waals surface area contributed by atoms with Gasteiger partial charge < -0.3 is 10.1 Å². The van der Waals surface area contributed by atoms with Crippen LogP contribution in [0.15, 0.2) is 48.5 Å². The summed E-state index contributed by atoms with van der Waals surface area (Å²) in [5, 5.41) is 3.41. The molecule has 2 aromatic carbocycles. The van der Waals surface area contributed by atoms with E-state index in [1.165, 1.54) is 11.1 Å². The van der Waals surface area contributed by atoms with E-state index in [1.807, 2.05) is 6.07 Å². The van der Waals surface area contributed by atoms with Gasteiger partial charge >= 0.3 is 6.61 Å². The minimum absolute atomic E-state index is 0.181. The highest BCUT2D eigenvalue weighted by molar-refractivity contribution is 5.28. The van der Waals surface area contributed by atoms with Crippen molar-refractivity contribution in [3.8, 4) is 5.75 Å². The summed E-state index contributed by atoms with van der Waals surface area (Å²) in [7, 11) is 0. The van der Waals surface area contributed by atoms with Gasteiger partial charge in [0.05, 0.1) is 0 Å². The van der Waals surface area contributed by atoms with Crippen LogP contribution in [0.4, 0.5) is 8.78 Å². The minimum Gasteiger partial charge on any atom is -0.435 e. The monoisotopic (exact) mass is 291 g/mol. The van der Waals surface area contributed by atoms with E-state index in [4.69, 9.17) is 0 Å². The van der Waals surface area contributed by atoms with E-state index < -0.39 is 6.61 Å². The Morgan fingerprint density at radius 2 is 1.81 bits per heavy atom. The molecule has 0 radical (unpaired) electrons. The highest BCUT2D eigenvalue weighted by atomic mass is 19.3. The van der Waals surface area contributed by atoms with Crippen molar-refractivity contribution in [3.63, 3.8) is 0 Å². The molecule has 0 saturated carbocycles. The van der Waals surface area contributed by atoms with Crippen LogP contribution in [0.1, 0.15) is 29.7 Å². The smallest absolute Gasteiger partial charge is 0.387 e. The normalized spacial score (nSPS) is 12.4. The molecule has 0 spiro atoms. The van der Waals surface area contributed by atoms with Crippen LogP contribution in [0.2, 0.25) is 0 Å². The Hall–Kier alpha value is -1.94. The summed E-state index contributed by atoms with van der Waals surface area (Å²) < 4.78 is 28.4. The summed E-state index contributed by atoms with van der Waals surface area (Å²) in [6.45, 7) is 2.06. The fraction of sp³-hybridized carbons (Fsp3) is 0.294. The first-order valence-corrected chi connectivity index (χ1v) is 6.88. The molecule has 0 fully saturated rings. The summed E-state index contributed by atoms with van der Waals surface area (Å²) >= 11 is 0. The van der Waals surface area contributed by atoms with Crippen molar-refractivity contribution in [2.75, 3.05) is 0 Å². The Kier molecular flexibility index (Phi) is 5.28. The molecule has 0 amide bonds. The first kappa shape index (κ1) is 15.4. The number of aryl methyl sites for hydroxylation is 1. The van der Waals surface area contributed by atoms with Gasteiger partial charge in [-0.05, 0) is 37.1 Å². The molecule has 0 saturated heterocycles. The highest BCUT2D eigenvalue weighted by Gasteiger charge is 2.06. The third-order valence-electron chi connectivity index (χ3n) is 3.30. The number of ether oxygens (including phenoxy) is 1. The lowest BCUT2D eigenvalue weighted by atomic mass is 10.1. The van der Waals surface area contributed by atoms with E-state index in [-0.39, 0.29) is 11.8 Å². The summed E-state index contributed by atoms with van der Waals surface area (Å²) in [6.07, 6.45) is 0. The van der Waals surface area contributed by atoms with E-state index in [0.29, 0.717) is 6.54 Å². The number of benzene rings is 2. The molecule has 0 aliphatic carbocycles. The van der Waals surface area contributed by atoms with Crippen LogP contribution >= 0.6 is 0 Å². The number of rotatable bonds is 6. The summed E-state index contributed by atoms with van der Waals surface area (Å²) in [5.74, 6) is 0.181. The van der Waals surface area contributed by atoms with Gasteiger partial charge in [0.2, 0.25) is 0 Å². The van der Waals surface area contributed by atoms with Crippen molar-refractivity contribution in [2.24, 2.45) is 0 Å². The summed E-state index contributed by atoms with van der Waals surface area (Å²) in [4.78, 5) is 0. The van der Waals surface area contributed by atoms with Crippen LogP contribution < -0.4 is 10.1 Å². The van der Waals surface area contributed by atoms with Gasteiger partial charge in [-0.15, -0.1) is 0 Å². The van der Waals surface area contributed by atoms with Gasteiger partial charge in [-0.1, -0.05) is 42.0 Å². The van der Waals surface area contributed by atoms with Crippen LogP contribution in [0, 0.1) is 6.92 Å². The number of nitrogens with one attached hydrogen (secondary N) is 1. The first-order chi connectivity index (χ1) is 10.0. The van der Waals surface area contributed by atoms with Crippen molar-refractivity contribution < 1.29 is 13.5 Å². The van der Waals surface area contributed by atoms with Gasteiger partial charge in [0, 0.05) is 12.6 Å². The predicted molar refractivity (Wildman–Crippen MR) is 79.5 cm³/mol. The molecule has 1 unspecified atom stereocenters. The fourth-order valence-corrected chi connectivity index (χ4v) is 2.12. The molecule has 2 rings (SSSR count). The summed E-state index contributed by atoms with van der Waals surface area (Å²) in [6, 6.07) is 15.3. The van der Waals surface area contributed by atoms with E-state index in [0.717, 1.165) is 5.56 Å². The number of hydrogen-bond donors (Lipinski definition) is 1. The van der Waals surface area contributed by atoms with Crippen LogP contribution in [-0.2, 0) is 6.54 Å². The molecule has 0 aromatic heterocycles. The maximum absolute atomic E-state index is 12.1. The second kappa shape index (κ2) is 7.18. The van der Waals surface area contributed by atoms with Crippen molar-refractivity contribution >= 4 is 0 Å². The second-order valence-electron chi connectivity index (χ2n) is 5.04. The zero-order chi connectivity index (χ0) is 15.2. The molecule has 0 aliphatic heterocycles. The van der Waals surface area contributed by atoms with Crippen molar-refractivity contribution in [1.82, 2.24) is 5.32 Å². The molecule has 112 valence electrons. The molecule has 1 N–H and O–H groups in total. The number of alkyl halides is 2. The largest absolute Gasteiger partial charge is 0.435 e. The Morgan fingerprint density at radius 1 is 1.10 bits per heavy atom. The topological polar surface area (TPSA) is 21.3 Å². The van der Waals surface area contributed by atoms with Crippen molar-refractivity contribution in [2.45, 2.75) is 33.0 Å². The van der Waals surface area contributed by atoms with Gasteiger partial charge in [0.15, 0.2) is 0 Å². The molecule has 2 nitrogen and oxygen atoms in total. The molecule has 1 atom stereocenters. The van der Waals surface area contributed by atoms with Crippen molar-refractivity contribution in [1.29, 1.82) is 0 Å². The summed E-state index contributed by atoms with van der Waals surface area (Å²) in [5.41, 5.74) is 3.48. The molecule has 0 aliphatic rings. The van der Waals surface area contributed by atoms with Gasteiger partial charge in [-0.2, -0.15) is 8.78 Å². The molecule has 0 heterocycles. The van der Waals surface area contributed by atoms with Crippen LogP contribution in [0.3, 0.4) is 0 Å². The Morgan fingerprint density at radius 3 is 2.43 bits per heavy atom. The van der Waals surface area contributed by atoms with Gasteiger partial charge in [-0.25, -0.2) is 0 Å². The van der Waals surface area contributed by atoms with E-state index in [2.05, 4.69) is 42.1 Å². The standard InChI is InChI=1S/C17H19F2NO/c1-12-4-3-5-15(10-12)13(2)20-11-14-6-8-16(9-7-14)21-17(18)19/h3-10,13,17,20H,11H2,1-2H3. The molecule has 4 heteroatoms. The highest BCUT2D eigenvalue weighted by Crippen LogP contribution is 2.17. The molecule has 21 heavy (non-hydrogen) atoms. The second-order valence-corrected chi connectivity index (χ2v) is 5.04. The fourth-order valence-electron chi connectivity index (χ4n) is 2.12. The number of halogens is 2. The first-order valence-electron chi connectivity index (χ1n) is 6.88. The third kappa shape index (κ3) is 4.83. The van der Waals surface area contributed by atoms with E-state index in [1.54, 1.807) is 24.3 Å².